The highest BCUT2D eigenvalue weighted by Crippen LogP contribution is 2.19. The number of hydrogen-bond donors (Lipinski definition) is 2. The molecule has 1 aromatic heterocycles. The van der Waals surface area contributed by atoms with Gasteiger partial charge in [0.05, 0.1) is 12.4 Å². The predicted octanol–water partition coefficient (Wildman–Crippen LogP) is 2.02. The summed E-state index contributed by atoms with van der Waals surface area (Å²) in [6.45, 7) is 7.12. The minimum Gasteiger partial charge on any atom is -0.476 e. The number of nitrogens with zero attached hydrogens (tertiary/aromatic N) is 2. The summed E-state index contributed by atoms with van der Waals surface area (Å²) >= 11 is 0. The molecule has 0 bridgehead atoms. The second-order valence-electron chi connectivity index (χ2n) is 4.47. The van der Waals surface area contributed by atoms with Gasteiger partial charge in [-0.1, -0.05) is 20.8 Å². The van der Waals surface area contributed by atoms with Crippen LogP contribution in [0.1, 0.15) is 37.7 Å². The number of carbonyl (C=O) groups is 1. The second kappa shape index (κ2) is 4.92. The van der Waals surface area contributed by atoms with Gasteiger partial charge in [0.2, 0.25) is 0 Å². The van der Waals surface area contributed by atoms with Crippen molar-refractivity contribution in [2.75, 3.05) is 11.9 Å². The summed E-state index contributed by atoms with van der Waals surface area (Å²) in [7, 11) is 0. The first kappa shape index (κ1) is 12.4. The van der Waals surface area contributed by atoms with E-state index in [0.29, 0.717) is 5.82 Å². The smallest absolute Gasteiger partial charge is 0.356 e. The largest absolute Gasteiger partial charge is 0.476 e. The first-order valence-corrected chi connectivity index (χ1v) is 5.24. The van der Waals surface area contributed by atoms with Crippen LogP contribution in [0.15, 0.2) is 12.4 Å². The Labute approximate surface area is 94.9 Å². The van der Waals surface area contributed by atoms with Crippen molar-refractivity contribution in [3.05, 3.63) is 18.1 Å². The lowest BCUT2D eigenvalue weighted by Gasteiger charge is -2.23. The fourth-order valence-electron chi connectivity index (χ4n) is 1.01. The molecule has 0 radical (unpaired) electrons. The van der Waals surface area contributed by atoms with E-state index in [1.54, 1.807) is 0 Å². The van der Waals surface area contributed by atoms with Crippen molar-refractivity contribution in [2.45, 2.75) is 27.2 Å². The number of hydrogen-bond acceptors (Lipinski definition) is 4. The summed E-state index contributed by atoms with van der Waals surface area (Å²) in [6, 6.07) is 0. The molecule has 0 spiro atoms. The van der Waals surface area contributed by atoms with E-state index in [-0.39, 0.29) is 11.1 Å². The van der Waals surface area contributed by atoms with Crippen molar-refractivity contribution < 1.29 is 9.90 Å². The van der Waals surface area contributed by atoms with Crippen molar-refractivity contribution in [3.8, 4) is 0 Å². The summed E-state index contributed by atoms with van der Waals surface area (Å²) in [5.41, 5.74) is 0.111. The van der Waals surface area contributed by atoms with Crippen LogP contribution in [0.5, 0.6) is 0 Å². The number of carboxylic acid groups (broad SMARTS) is 1. The zero-order valence-electron chi connectivity index (χ0n) is 9.82. The summed E-state index contributed by atoms with van der Waals surface area (Å²) in [5, 5.41) is 11.8. The zero-order valence-corrected chi connectivity index (χ0v) is 9.82. The normalized spacial score (nSPS) is 11.2. The number of rotatable bonds is 5. The summed E-state index contributed by atoms with van der Waals surface area (Å²) < 4.78 is 0. The fraction of sp³-hybridized carbons (Fsp3) is 0.545. The third kappa shape index (κ3) is 3.49. The molecule has 0 aliphatic carbocycles. The molecule has 2 N–H and O–H groups in total. The fourth-order valence-corrected chi connectivity index (χ4v) is 1.01. The SMILES string of the molecule is CCC(C)(C)CNc1cncc(C(=O)O)n1. The number of aromatic nitrogens is 2. The van der Waals surface area contributed by atoms with E-state index in [1.165, 1.54) is 12.4 Å². The molecular weight excluding hydrogens is 206 g/mol. The molecule has 88 valence electrons. The van der Waals surface area contributed by atoms with E-state index in [0.717, 1.165) is 13.0 Å². The van der Waals surface area contributed by atoms with Gasteiger partial charge in [0, 0.05) is 6.54 Å². The van der Waals surface area contributed by atoms with Gasteiger partial charge in [-0.15, -0.1) is 0 Å². The molecule has 0 aliphatic heterocycles. The van der Waals surface area contributed by atoms with Crippen LogP contribution < -0.4 is 5.32 Å². The van der Waals surface area contributed by atoms with Gasteiger partial charge >= 0.3 is 5.97 Å². The number of carboxylic acids is 1. The Morgan fingerprint density at radius 3 is 2.75 bits per heavy atom. The highest BCUT2D eigenvalue weighted by molar-refractivity contribution is 5.85. The Bertz CT molecular complexity index is 377. The van der Waals surface area contributed by atoms with Crippen LogP contribution in [-0.2, 0) is 0 Å². The van der Waals surface area contributed by atoms with Crippen LogP contribution >= 0.6 is 0 Å². The van der Waals surface area contributed by atoms with Gasteiger partial charge in [0.25, 0.3) is 0 Å². The maximum absolute atomic E-state index is 10.7. The molecule has 5 heteroatoms. The zero-order chi connectivity index (χ0) is 12.2. The number of anilines is 1. The molecule has 0 aromatic carbocycles. The molecule has 5 nitrogen and oxygen atoms in total. The van der Waals surface area contributed by atoms with Gasteiger partial charge in [-0.25, -0.2) is 9.78 Å². The molecule has 16 heavy (non-hydrogen) atoms. The van der Waals surface area contributed by atoms with Crippen molar-refractivity contribution in [1.29, 1.82) is 0 Å². The Kier molecular flexibility index (Phi) is 3.82. The van der Waals surface area contributed by atoms with Crippen molar-refractivity contribution in [3.63, 3.8) is 0 Å². The van der Waals surface area contributed by atoms with Crippen LogP contribution in [-0.4, -0.2) is 27.6 Å². The van der Waals surface area contributed by atoms with E-state index >= 15 is 0 Å². The Hall–Kier alpha value is -1.65. The minimum atomic E-state index is -1.06. The Balaban J connectivity index is 2.68. The van der Waals surface area contributed by atoms with Gasteiger partial charge in [0.1, 0.15) is 5.82 Å². The van der Waals surface area contributed by atoms with Crippen LogP contribution in [0.25, 0.3) is 0 Å². The van der Waals surface area contributed by atoms with Gasteiger partial charge in [-0.3, -0.25) is 4.98 Å². The van der Waals surface area contributed by atoms with Gasteiger partial charge in [0.15, 0.2) is 5.69 Å². The lowest BCUT2D eigenvalue weighted by molar-refractivity contribution is 0.0690. The highest BCUT2D eigenvalue weighted by atomic mass is 16.4. The molecule has 1 heterocycles. The van der Waals surface area contributed by atoms with E-state index in [1.807, 2.05) is 0 Å². The molecule has 1 rings (SSSR count). The monoisotopic (exact) mass is 223 g/mol. The molecule has 0 saturated heterocycles. The Morgan fingerprint density at radius 1 is 1.50 bits per heavy atom. The van der Waals surface area contributed by atoms with Crippen molar-refractivity contribution in [1.82, 2.24) is 9.97 Å². The van der Waals surface area contributed by atoms with E-state index in [9.17, 15) is 4.79 Å². The number of nitrogens with one attached hydrogen (secondary N) is 1. The Morgan fingerprint density at radius 2 is 2.19 bits per heavy atom. The second-order valence-corrected chi connectivity index (χ2v) is 4.47. The van der Waals surface area contributed by atoms with Gasteiger partial charge in [-0.05, 0) is 11.8 Å². The average molecular weight is 223 g/mol. The molecule has 0 amide bonds. The lowest BCUT2D eigenvalue weighted by Crippen LogP contribution is -2.22. The van der Waals surface area contributed by atoms with Crippen molar-refractivity contribution in [2.24, 2.45) is 5.41 Å². The van der Waals surface area contributed by atoms with Gasteiger partial charge in [-0.2, -0.15) is 0 Å². The molecule has 0 atom stereocenters. The van der Waals surface area contributed by atoms with Crippen LogP contribution in [0, 0.1) is 5.41 Å². The highest BCUT2D eigenvalue weighted by Gasteiger charge is 2.15. The molecule has 0 fully saturated rings. The maximum Gasteiger partial charge on any atom is 0.356 e. The van der Waals surface area contributed by atoms with Crippen LogP contribution in [0.2, 0.25) is 0 Å². The quantitative estimate of drug-likeness (QED) is 0.798. The van der Waals surface area contributed by atoms with Crippen LogP contribution in [0.4, 0.5) is 5.82 Å². The third-order valence-corrected chi connectivity index (χ3v) is 2.56. The first-order valence-electron chi connectivity index (χ1n) is 5.24. The lowest BCUT2D eigenvalue weighted by atomic mass is 9.90. The topological polar surface area (TPSA) is 75.1 Å². The summed E-state index contributed by atoms with van der Waals surface area (Å²) in [4.78, 5) is 18.4. The van der Waals surface area contributed by atoms with E-state index in [4.69, 9.17) is 5.11 Å². The third-order valence-electron chi connectivity index (χ3n) is 2.56. The molecule has 0 aliphatic rings. The summed E-state index contributed by atoms with van der Waals surface area (Å²) in [6.07, 6.45) is 3.79. The number of aromatic carboxylic acids is 1. The first-order chi connectivity index (χ1) is 7.44. The minimum absolute atomic E-state index is 0.0423. The predicted molar refractivity (Wildman–Crippen MR) is 61.6 cm³/mol. The molecular formula is C11H17N3O2. The maximum atomic E-state index is 10.7. The van der Waals surface area contributed by atoms with Crippen LogP contribution in [0.3, 0.4) is 0 Å². The molecule has 0 saturated carbocycles. The summed E-state index contributed by atoms with van der Waals surface area (Å²) in [5.74, 6) is -0.563. The standard InChI is InChI=1S/C11H17N3O2/c1-4-11(2,3)7-13-9-6-12-5-8(14-9)10(15)16/h5-6H,4,7H2,1-3H3,(H,13,14)(H,15,16). The van der Waals surface area contributed by atoms with E-state index in [2.05, 4.69) is 36.1 Å². The van der Waals surface area contributed by atoms with Crippen molar-refractivity contribution >= 4 is 11.8 Å². The average Bonchev–Trinajstić information content (AvgIpc) is 2.27. The van der Waals surface area contributed by atoms with Gasteiger partial charge < -0.3 is 10.4 Å². The molecule has 0 unspecified atom stereocenters. The van der Waals surface area contributed by atoms with E-state index < -0.39 is 5.97 Å². The molecule has 1 aromatic rings.